The van der Waals surface area contributed by atoms with Crippen LogP contribution < -0.4 is 0 Å². The number of rotatable bonds is 12. The van der Waals surface area contributed by atoms with Crippen LogP contribution in [0.25, 0.3) is 0 Å². The summed E-state index contributed by atoms with van der Waals surface area (Å²) in [6, 6.07) is 9.85. The normalized spacial score (nSPS) is 11.8. The summed E-state index contributed by atoms with van der Waals surface area (Å²) in [5.74, 6) is -0.238. The van der Waals surface area contributed by atoms with Gasteiger partial charge in [0.05, 0.1) is 26.1 Å². The van der Waals surface area contributed by atoms with Crippen LogP contribution in [0.5, 0.6) is 0 Å². The van der Waals surface area contributed by atoms with Gasteiger partial charge in [-0.3, -0.25) is 9.59 Å². The Balaban J connectivity index is 2.11. The minimum atomic E-state index is -0.346. The second kappa shape index (κ2) is 12.6. The Bertz CT molecular complexity index is 470. The zero-order chi connectivity index (χ0) is 17.6. The Morgan fingerprint density at radius 2 is 1.67 bits per heavy atom. The summed E-state index contributed by atoms with van der Waals surface area (Å²) in [6.45, 7) is 5.06. The fraction of sp³-hybridized carbons (Fsp3) is 0.600. The molecule has 4 heteroatoms. The molecule has 0 aromatic heterocycles. The summed E-state index contributed by atoms with van der Waals surface area (Å²) in [7, 11) is 0. The second-order valence-corrected chi connectivity index (χ2v) is 6.06. The maximum atomic E-state index is 11.7. The van der Waals surface area contributed by atoms with Crippen LogP contribution in [0.15, 0.2) is 30.3 Å². The number of unbranched alkanes of at least 4 members (excludes halogenated alkanes) is 1. The van der Waals surface area contributed by atoms with Gasteiger partial charge in [0.25, 0.3) is 0 Å². The zero-order valence-electron chi connectivity index (χ0n) is 15.0. The van der Waals surface area contributed by atoms with E-state index < -0.39 is 0 Å². The van der Waals surface area contributed by atoms with Gasteiger partial charge in [-0.2, -0.15) is 0 Å². The Hall–Kier alpha value is -1.84. The predicted molar refractivity (Wildman–Crippen MR) is 94.6 cm³/mol. The molecule has 0 aliphatic carbocycles. The van der Waals surface area contributed by atoms with E-state index in [-0.39, 0.29) is 24.8 Å². The number of benzene rings is 1. The second-order valence-electron chi connectivity index (χ2n) is 6.06. The van der Waals surface area contributed by atoms with Gasteiger partial charge < -0.3 is 9.47 Å². The summed E-state index contributed by atoms with van der Waals surface area (Å²) >= 11 is 0. The van der Waals surface area contributed by atoms with Crippen molar-refractivity contribution in [1.29, 1.82) is 0 Å². The first-order valence-corrected chi connectivity index (χ1v) is 9.00. The molecule has 0 radical (unpaired) electrons. The lowest BCUT2D eigenvalue weighted by Gasteiger charge is -2.14. The number of esters is 2. The van der Waals surface area contributed by atoms with Crippen LogP contribution in [0, 0.1) is 5.92 Å². The molecule has 1 aromatic carbocycles. The summed E-state index contributed by atoms with van der Waals surface area (Å²) in [5, 5.41) is 0. The first-order valence-electron chi connectivity index (χ1n) is 9.00. The average molecular weight is 334 g/mol. The molecule has 24 heavy (non-hydrogen) atoms. The Kier molecular flexibility index (Phi) is 10.6. The van der Waals surface area contributed by atoms with Gasteiger partial charge >= 0.3 is 11.9 Å². The van der Waals surface area contributed by atoms with E-state index in [2.05, 4.69) is 13.8 Å². The number of ether oxygens (including phenoxy) is 2. The third-order valence-electron chi connectivity index (χ3n) is 4.05. The Morgan fingerprint density at radius 3 is 2.29 bits per heavy atom. The molecule has 0 saturated carbocycles. The molecular formula is C20H30O4. The fourth-order valence-electron chi connectivity index (χ4n) is 2.38. The fourth-order valence-corrected chi connectivity index (χ4v) is 2.38. The van der Waals surface area contributed by atoms with Crippen molar-refractivity contribution in [3.8, 4) is 0 Å². The van der Waals surface area contributed by atoms with Crippen molar-refractivity contribution in [3.05, 3.63) is 35.9 Å². The van der Waals surface area contributed by atoms with Gasteiger partial charge in [0.1, 0.15) is 0 Å². The molecule has 0 aliphatic heterocycles. The molecule has 0 aliphatic rings. The van der Waals surface area contributed by atoms with Crippen molar-refractivity contribution < 1.29 is 19.1 Å². The van der Waals surface area contributed by atoms with E-state index in [0.717, 1.165) is 31.2 Å². The first kappa shape index (κ1) is 20.2. The third-order valence-corrected chi connectivity index (χ3v) is 4.05. The van der Waals surface area contributed by atoms with Gasteiger partial charge in [0.2, 0.25) is 0 Å². The molecule has 4 nitrogen and oxygen atoms in total. The Labute approximate surface area is 145 Å². The summed E-state index contributed by atoms with van der Waals surface area (Å²) in [4.78, 5) is 23.4. The molecular weight excluding hydrogens is 304 g/mol. The molecule has 134 valence electrons. The number of hydrogen-bond donors (Lipinski definition) is 0. The molecule has 1 atom stereocenters. The van der Waals surface area contributed by atoms with Gasteiger partial charge in [0.15, 0.2) is 0 Å². The lowest BCUT2D eigenvalue weighted by Crippen LogP contribution is -2.15. The lowest BCUT2D eigenvalue weighted by molar-refractivity contribution is -0.151. The SMILES string of the molecule is CCCCC(CC)COC(=O)CCC(=O)OCCc1ccccc1. The molecule has 0 N–H and O–H groups in total. The van der Waals surface area contributed by atoms with Crippen LogP contribution in [-0.4, -0.2) is 25.2 Å². The van der Waals surface area contributed by atoms with Gasteiger partial charge in [-0.25, -0.2) is 0 Å². The molecule has 1 unspecified atom stereocenters. The summed E-state index contributed by atoms with van der Waals surface area (Å²) in [6.07, 6.45) is 5.26. The van der Waals surface area contributed by atoms with E-state index in [9.17, 15) is 9.59 Å². The van der Waals surface area contributed by atoms with Crippen molar-refractivity contribution in [2.24, 2.45) is 5.92 Å². The molecule has 0 bridgehead atoms. The van der Waals surface area contributed by atoms with E-state index in [0.29, 0.717) is 25.6 Å². The average Bonchev–Trinajstić information content (AvgIpc) is 2.61. The zero-order valence-corrected chi connectivity index (χ0v) is 15.0. The standard InChI is InChI=1S/C20H30O4/c1-3-5-9-17(4-2)16-24-20(22)13-12-19(21)23-15-14-18-10-7-6-8-11-18/h6-8,10-11,17H,3-5,9,12-16H2,1-2H3. The predicted octanol–water partition coefficient (Wildman–Crippen LogP) is 4.31. The third kappa shape index (κ3) is 9.33. The summed E-state index contributed by atoms with van der Waals surface area (Å²) < 4.78 is 10.4. The monoisotopic (exact) mass is 334 g/mol. The quantitative estimate of drug-likeness (QED) is 0.534. The minimum absolute atomic E-state index is 0.0827. The van der Waals surface area contributed by atoms with Gasteiger partial charge in [-0.15, -0.1) is 0 Å². The Morgan fingerprint density at radius 1 is 1.00 bits per heavy atom. The molecule has 1 aromatic rings. The van der Waals surface area contributed by atoms with E-state index >= 15 is 0 Å². The maximum Gasteiger partial charge on any atom is 0.306 e. The van der Waals surface area contributed by atoms with E-state index in [1.54, 1.807) is 0 Å². The smallest absolute Gasteiger partial charge is 0.306 e. The number of hydrogen-bond acceptors (Lipinski definition) is 4. The molecule has 0 saturated heterocycles. The first-order chi connectivity index (χ1) is 11.7. The van der Waals surface area contributed by atoms with Crippen LogP contribution >= 0.6 is 0 Å². The van der Waals surface area contributed by atoms with E-state index in [1.807, 2.05) is 30.3 Å². The van der Waals surface area contributed by atoms with E-state index in [1.165, 1.54) is 0 Å². The van der Waals surface area contributed by atoms with Crippen LogP contribution in [0.1, 0.15) is 57.9 Å². The lowest BCUT2D eigenvalue weighted by atomic mass is 10.0. The van der Waals surface area contributed by atoms with Crippen LogP contribution in [0.2, 0.25) is 0 Å². The van der Waals surface area contributed by atoms with Gasteiger partial charge in [-0.1, -0.05) is 63.4 Å². The van der Waals surface area contributed by atoms with Crippen molar-refractivity contribution in [2.75, 3.05) is 13.2 Å². The highest BCUT2D eigenvalue weighted by Crippen LogP contribution is 2.13. The maximum absolute atomic E-state index is 11.7. The molecule has 1 rings (SSSR count). The van der Waals surface area contributed by atoms with Gasteiger partial charge in [-0.05, 0) is 17.9 Å². The highest BCUT2D eigenvalue weighted by molar-refractivity contribution is 5.77. The largest absolute Gasteiger partial charge is 0.465 e. The van der Waals surface area contributed by atoms with Crippen LogP contribution in [0.3, 0.4) is 0 Å². The topological polar surface area (TPSA) is 52.6 Å². The van der Waals surface area contributed by atoms with Crippen LogP contribution in [-0.2, 0) is 25.5 Å². The van der Waals surface area contributed by atoms with Crippen LogP contribution in [0.4, 0.5) is 0 Å². The van der Waals surface area contributed by atoms with Crippen molar-refractivity contribution >= 4 is 11.9 Å². The molecule has 0 heterocycles. The molecule has 0 fully saturated rings. The highest BCUT2D eigenvalue weighted by Gasteiger charge is 2.12. The summed E-state index contributed by atoms with van der Waals surface area (Å²) in [5.41, 5.74) is 1.13. The minimum Gasteiger partial charge on any atom is -0.465 e. The number of carbonyl (C=O) groups excluding carboxylic acids is 2. The van der Waals surface area contributed by atoms with E-state index in [4.69, 9.17) is 9.47 Å². The van der Waals surface area contributed by atoms with Gasteiger partial charge in [0, 0.05) is 6.42 Å². The number of carbonyl (C=O) groups is 2. The van der Waals surface area contributed by atoms with Crippen molar-refractivity contribution in [2.45, 2.75) is 58.8 Å². The van der Waals surface area contributed by atoms with Crippen molar-refractivity contribution in [1.82, 2.24) is 0 Å². The van der Waals surface area contributed by atoms with Crippen molar-refractivity contribution in [3.63, 3.8) is 0 Å². The molecule has 0 amide bonds. The highest BCUT2D eigenvalue weighted by atomic mass is 16.5. The molecule has 0 spiro atoms.